The van der Waals surface area contributed by atoms with E-state index in [0.717, 1.165) is 44.9 Å². The van der Waals surface area contributed by atoms with Crippen molar-refractivity contribution in [2.24, 2.45) is 5.73 Å². The molecule has 0 bridgehead atoms. The molecule has 288 valence electrons. The van der Waals surface area contributed by atoms with Gasteiger partial charge in [-0.05, 0) is 44.9 Å². The smallest absolute Gasteiger partial charge is 0.462 e. The summed E-state index contributed by atoms with van der Waals surface area (Å²) in [5.41, 5.74) is 5.31. The van der Waals surface area contributed by atoms with Gasteiger partial charge in [0.05, 0.1) is 19.3 Å². The summed E-state index contributed by atoms with van der Waals surface area (Å²) in [7, 11) is -4.43. The fourth-order valence-corrected chi connectivity index (χ4v) is 5.49. The van der Waals surface area contributed by atoms with Crippen LogP contribution in [0.1, 0.15) is 136 Å². The Morgan fingerprint density at radius 2 is 1.26 bits per heavy atom. The van der Waals surface area contributed by atoms with E-state index >= 15 is 0 Å². The van der Waals surface area contributed by atoms with Crippen LogP contribution in [0.4, 0.5) is 0 Å². The third kappa shape index (κ3) is 34.1. The van der Waals surface area contributed by atoms with Crippen molar-refractivity contribution in [2.75, 3.05) is 26.4 Å². The fourth-order valence-electron chi connectivity index (χ4n) is 4.72. The zero-order valence-electron chi connectivity index (χ0n) is 31.0. The highest BCUT2D eigenvalue weighted by Gasteiger charge is 2.26. The molecular formula is C39H68NO9P. The molecule has 3 atom stereocenters. The van der Waals surface area contributed by atoms with Crippen molar-refractivity contribution in [2.45, 2.75) is 148 Å². The zero-order valence-corrected chi connectivity index (χ0v) is 31.9. The number of phosphoric ester groups is 1. The molecule has 0 fully saturated rings. The molecule has 0 aliphatic rings. The summed E-state index contributed by atoms with van der Waals surface area (Å²) in [5, 5.41) is 10.2. The highest BCUT2D eigenvalue weighted by Crippen LogP contribution is 2.43. The molecule has 0 spiro atoms. The number of allylic oxidation sites excluding steroid dienone is 9. The monoisotopic (exact) mass is 725 g/mol. The average molecular weight is 726 g/mol. The lowest BCUT2D eigenvalue weighted by molar-refractivity contribution is -0.161. The van der Waals surface area contributed by atoms with Crippen molar-refractivity contribution in [1.29, 1.82) is 0 Å². The van der Waals surface area contributed by atoms with Crippen molar-refractivity contribution < 1.29 is 42.7 Å². The standard InChI is InChI=1S/C39H68NO9P/c1-3-5-7-9-11-13-15-16-18-19-21-23-25-28-36(41)29-27-31-39(43)49-37(35-48-50(44,45)47-33-32-40)34-46-38(42)30-26-24-22-20-17-14-12-10-8-6-4-2/h5,7,11,13,16,18,21,23,25,28,36-37,41H,3-4,6,8-10,12,14-15,17,19-20,22,24,26-27,29-35,40H2,1-2H3,(H,44,45)/b7-5-,13-11-,18-16-,23-21-,28-25+/t36?,37-/m1/s1. The van der Waals surface area contributed by atoms with Crippen LogP contribution in [-0.4, -0.2) is 60.5 Å². The van der Waals surface area contributed by atoms with Crippen LogP contribution in [0.5, 0.6) is 0 Å². The van der Waals surface area contributed by atoms with Gasteiger partial charge < -0.3 is 25.2 Å². The first-order valence-electron chi connectivity index (χ1n) is 18.9. The maximum absolute atomic E-state index is 12.5. The largest absolute Gasteiger partial charge is 0.472 e. The van der Waals surface area contributed by atoms with Crippen LogP contribution in [0, 0.1) is 0 Å². The predicted molar refractivity (Wildman–Crippen MR) is 202 cm³/mol. The van der Waals surface area contributed by atoms with Crippen LogP contribution in [0.3, 0.4) is 0 Å². The highest BCUT2D eigenvalue weighted by atomic mass is 31.2. The minimum Gasteiger partial charge on any atom is -0.462 e. The molecule has 4 N–H and O–H groups in total. The van der Waals surface area contributed by atoms with Gasteiger partial charge in [-0.15, -0.1) is 0 Å². The Labute approximate surface area is 302 Å². The summed E-state index contributed by atoms with van der Waals surface area (Å²) >= 11 is 0. The molecule has 0 heterocycles. The van der Waals surface area contributed by atoms with Crippen molar-refractivity contribution in [3.63, 3.8) is 0 Å². The average Bonchev–Trinajstić information content (AvgIpc) is 3.09. The fraction of sp³-hybridized carbons (Fsp3) is 0.692. The molecule has 0 aliphatic heterocycles. The molecule has 2 unspecified atom stereocenters. The van der Waals surface area contributed by atoms with Gasteiger partial charge in [-0.3, -0.25) is 18.6 Å². The number of aliphatic hydroxyl groups is 1. The maximum atomic E-state index is 12.5. The molecular weight excluding hydrogens is 657 g/mol. The number of hydrogen-bond acceptors (Lipinski definition) is 9. The molecule has 0 aromatic rings. The van der Waals surface area contributed by atoms with E-state index in [9.17, 15) is 24.2 Å². The number of rotatable bonds is 34. The number of phosphoric acid groups is 1. The molecule has 0 radical (unpaired) electrons. The van der Waals surface area contributed by atoms with Gasteiger partial charge in [-0.1, -0.05) is 139 Å². The van der Waals surface area contributed by atoms with E-state index in [0.29, 0.717) is 19.3 Å². The van der Waals surface area contributed by atoms with Crippen LogP contribution in [-0.2, 0) is 32.7 Å². The van der Waals surface area contributed by atoms with Crippen LogP contribution in [0.25, 0.3) is 0 Å². The SMILES string of the molecule is CC/C=C\C/C=C\C/C=C\C/C=C\C=C\C(O)CCCC(=O)O[C@H](COC(=O)CCCCCCCCCCCCC)COP(=O)(O)OCCN. The van der Waals surface area contributed by atoms with Crippen molar-refractivity contribution in [1.82, 2.24) is 0 Å². The van der Waals surface area contributed by atoms with E-state index in [1.54, 1.807) is 12.2 Å². The molecule has 0 saturated heterocycles. The van der Waals surface area contributed by atoms with Gasteiger partial charge >= 0.3 is 19.8 Å². The molecule has 0 amide bonds. The lowest BCUT2D eigenvalue weighted by atomic mass is 10.1. The van der Waals surface area contributed by atoms with Gasteiger partial charge in [0, 0.05) is 19.4 Å². The second-order valence-corrected chi connectivity index (χ2v) is 13.7. The Morgan fingerprint density at radius 1 is 0.700 bits per heavy atom. The Bertz CT molecular complexity index is 1030. The Morgan fingerprint density at radius 3 is 1.86 bits per heavy atom. The summed E-state index contributed by atoms with van der Waals surface area (Å²) in [6.45, 7) is 3.35. The normalized spacial score (nSPS) is 14.7. The highest BCUT2D eigenvalue weighted by molar-refractivity contribution is 7.47. The van der Waals surface area contributed by atoms with E-state index in [-0.39, 0.29) is 32.6 Å². The summed E-state index contributed by atoms with van der Waals surface area (Å²) in [4.78, 5) is 34.7. The molecule has 0 aliphatic carbocycles. The number of unbranched alkanes of at least 4 members (excludes halogenated alkanes) is 10. The number of carbonyl (C=O) groups excluding carboxylic acids is 2. The minimum absolute atomic E-state index is 0.00147. The van der Waals surface area contributed by atoms with E-state index in [1.807, 2.05) is 12.2 Å². The summed E-state index contributed by atoms with van der Waals surface area (Å²) < 4.78 is 32.5. The molecule has 10 nitrogen and oxygen atoms in total. The van der Waals surface area contributed by atoms with Crippen LogP contribution in [0.2, 0.25) is 0 Å². The van der Waals surface area contributed by atoms with E-state index in [1.165, 1.54) is 44.9 Å². The molecule has 0 aromatic heterocycles. The zero-order chi connectivity index (χ0) is 37.0. The number of nitrogens with two attached hydrogens (primary N) is 1. The third-order valence-electron chi connectivity index (χ3n) is 7.52. The van der Waals surface area contributed by atoms with Gasteiger partial charge in [-0.25, -0.2) is 4.57 Å². The summed E-state index contributed by atoms with van der Waals surface area (Å²) in [5.74, 6) is -1.04. The molecule has 0 saturated carbocycles. The number of esters is 2. The van der Waals surface area contributed by atoms with Crippen LogP contribution >= 0.6 is 7.82 Å². The maximum Gasteiger partial charge on any atom is 0.472 e. The predicted octanol–water partition coefficient (Wildman–Crippen LogP) is 9.13. The van der Waals surface area contributed by atoms with Gasteiger partial charge in [-0.2, -0.15) is 0 Å². The lowest BCUT2D eigenvalue weighted by Crippen LogP contribution is -2.29. The first-order valence-corrected chi connectivity index (χ1v) is 20.4. The number of aliphatic hydroxyl groups excluding tert-OH is 1. The van der Waals surface area contributed by atoms with E-state index < -0.39 is 38.6 Å². The van der Waals surface area contributed by atoms with Crippen LogP contribution in [0.15, 0.2) is 60.8 Å². The number of carbonyl (C=O) groups is 2. The van der Waals surface area contributed by atoms with E-state index in [2.05, 4.69) is 50.3 Å². The first-order chi connectivity index (χ1) is 24.2. The molecule has 11 heteroatoms. The minimum atomic E-state index is -4.43. The third-order valence-corrected chi connectivity index (χ3v) is 8.51. The quantitative estimate of drug-likeness (QED) is 0.0192. The summed E-state index contributed by atoms with van der Waals surface area (Å²) in [6.07, 6.45) is 35.7. The van der Waals surface area contributed by atoms with Gasteiger partial charge in [0.25, 0.3) is 0 Å². The Hall–Kier alpha value is -2.33. The van der Waals surface area contributed by atoms with Crippen molar-refractivity contribution >= 4 is 19.8 Å². The molecule has 0 aromatic carbocycles. The summed E-state index contributed by atoms with van der Waals surface area (Å²) in [6, 6.07) is 0. The van der Waals surface area contributed by atoms with Crippen LogP contribution < -0.4 is 5.73 Å². The number of ether oxygens (including phenoxy) is 2. The van der Waals surface area contributed by atoms with E-state index in [4.69, 9.17) is 24.3 Å². The van der Waals surface area contributed by atoms with Crippen molar-refractivity contribution in [3.05, 3.63) is 60.8 Å². The first kappa shape index (κ1) is 47.7. The Balaban J connectivity index is 4.47. The van der Waals surface area contributed by atoms with Gasteiger partial charge in [0.15, 0.2) is 6.10 Å². The molecule has 50 heavy (non-hydrogen) atoms. The second kappa shape index (κ2) is 35.1. The number of hydrogen-bond donors (Lipinski definition) is 3. The van der Waals surface area contributed by atoms with Gasteiger partial charge in [0.1, 0.15) is 6.61 Å². The Kier molecular flexibility index (Phi) is 33.5. The second-order valence-electron chi connectivity index (χ2n) is 12.3. The van der Waals surface area contributed by atoms with Gasteiger partial charge in [0.2, 0.25) is 0 Å². The van der Waals surface area contributed by atoms with Crippen molar-refractivity contribution in [3.8, 4) is 0 Å². The topological polar surface area (TPSA) is 155 Å². The lowest BCUT2D eigenvalue weighted by Gasteiger charge is -2.20. The molecule has 0 rings (SSSR count).